The third-order valence-electron chi connectivity index (χ3n) is 1.27. The van der Waals surface area contributed by atoms with E-state index < -0.39 is 18.3 Å². The van der Waals surface area contributed by atoms with Gasteiger partial charge in [-0.05, 0) is 11.4 Å². The molecule has 0 aliphatic rings. The molecule has 0 spiro atoms. The highest BCUT2D eigenvalue weighted by Gasteiger charge is 2.62. The number of halogens is 5. The van der Waals surface area contributed by atoms with E-state index in [1.807, 2.05) is 0 Å². The summed E-state index contributed by atoms with van der Waals surface area (Å²) in [7, 11) is 0. The van der Waals surface area contributed by atoms with E-state index in [0.717, 1.165) is 6.07 Å². The van der Waals surface area contributed by atoms with Crippen molar-refractivity contribution in [1.29, 1.82) is 0 Å². The number of carbonyl (C=O) groups excluding carboxylic acids is 1. The van der Waals surface area contributed by atoms with Crippen LogP contribution in [0.4, 0.5) is 22.0 Å². The lowest BCUT2D eigenvalue weighted by molar-refractivity contribution is -0.370. The molecule has 0 saturated carbocycles. The van der Waals surface area contributed by atoms with E-state index >= 15 is 0 Å². The topological polar surface area (TPSA) is 26.3 Å². The number of alkyl halides is 5. The molecule has 8 heteroatoms. The van der Waals surface area contributed by atoms with E-state index in [1.54, 1.807) is 0 Å². The van der Waals surface area contributed by atoms with Crippen LogP contribution in [0.3, 0.4) is 0 Å². The first kappa shape index (κ1) is 11.9. The van der Waals surface area contributed by atoms with E-state index in [4.69, 9.17) is 0 Å². The molecule has 1 aromatic heterocycles. The van der Waals surface area contributed by atoms with Crippen LogP contribution in [-0.2, 0) is 4.74 Å². The van der Waals surface area contributed by atoms with Crippen molar-refractivity contribution in [1.82, 2.24) is 0 Å². The van der Waals surface area contributed by atoms with Gasteiger partial charge in [-0.1, -0.05) is 6.07 Å². The van der Waals surface area contributed by atoms with E-state index in [2.05, 4.69) is 4.74 Å². The number of hydrogen-bond donors (Lipinski definition) is 0. The van der Waals surface area contributed by atoms with Gasteiger partial charge in [-0.3, -0.25) is 0 Å². The molecule has 1 heterocycles. The van der Waals surface area contributed by atoms with Crippen molar-refractivity contribution in [3.63, 3.8) is 0 Å². The molecule has 0 aliphatic heterocycles. The van der Waals surface area contributed by atoms with Crippen LogP contribution in [0.25, 0.3) is 0 Å². The lowest BCUT2D eigenvalue weighted by Gasteiger charge is -2.18. The maximum absolute atomic E-state index is 12.2. The summed E-state index contributed by atoms with van der Waals surface area (Å²) in [4.78, 5) is 10.5. The van der Waals surface area contributed by atoms with Crippen molar-refractivity contribution in [3.05, 3.63) is 22.4 Å². The Kier molecular flexibility index (Phi) is 2.98. The van der Waals surface area contributed by atoms with E-state index in [0.29, 0.717) is 11.3 Å². The fourth-order valence-corrected chi connectivity index (χ4v) is 1.22. The van der Waals surface area contributed by atoms with Gasteiger partial charge in [-0.2, -0.15) is 22.0 Å². The second-order valence-electron chi connectivity index (χ2n) is 2.38. The Bertz CT molecular complexity index is 343. The minimum absolute atomic E-state index is 0.320. The summed E-state index contributed by atoms with van der Waals surface area (Å²) in [6.45, 7) is 0. The van der Waals surface area contributed by atoms with Crippen LogP contribution >= 0.6 is 11.3 Å². The van der Waals surface area contributed by atoms with Gasteiger partial charge in [-0.25, -0.2) is 4.79 Å². The number of rotatable bonds is 2. The summed E-state index contributed by atoms with van der Waals surface area (Å²) >= 11 is 0.707. The molecular weight excluding hydrogens is 243 g/mol. The third kappa shape index (κ3) is 2.65. The Hall–Kier alpha value is -1.18. The molecule has 0 bridgehead atoms. The standard InChI is InChI=1S/C7H3F5O2S/c8-6(9,10)7(11,12)14-5(13)4-2-1-3-15-4/h1-3H. The average molecular weight is 246 g/mol. The van der Waals surface area contributed by atoms with Crippen LogP contribution in [0.2, 0.25) is 0 Å². The Morgan fingerprint density at radius 1 is 1.27 bits per heavy atom. The summed E-state index contributed by atoms with van der Waals surface area (Å²) in [6.07, 6.45) is -11.4. The molecule has 0 unspecified atom stereocenters. The molecule has 0 aromatic carbocycles. The summed E-state index contributed by atoms with van der Waals surface area (Å²) in [6, 6.07) is 2.41. The molecule has 0 N–H and O–H groups in total. The first-order valence-electron chi connectivity index (χ1n) is 3.45. The molecule has 0 amide bonds. The molecule has 1 rings (SSSR count). The van der Waals surface area contributed by atoms with E-state index in [9.17, 15) is 26.7 Å². The van der Waals surface area contributed by atoms with Gasteiger partial charge in [-0.15, -0.1) is 11.3 Å². The number of esters is 1. The second kappa shape index (κ2) is 3.76. The van der Waals surface area contributed by atoms with Gasteiger partial charge in [0.2, 0.25) is 0 Å². The summed E-state index contributed by atoms with van der Waals surface area (Å²) in [5.74, 6) is -1.70. The van der Waals surface area contributed by atoms with E-state index in [-0.39, 0.29) is 4.88 Å². The second-order valence-corrected chi connectivity index (χ2v) is 3.33. The lowest BCUT2D eigenvalue weighted by atomic mass is 10.5. The molecule has 0 radical (unpaired) electrons. The molecule has 2 nitrogen and oxygen atoms in total. The van der Waals surface area contributed by atoms with Gasteiger partial charge in [0.15, 0.2) is 0 Å². The Morgan fingerprint density at radius 3 is 2.27 bits per heavy atom. The average Bonchev–Trinajstić information content (AvgIpc) is 2.51. The third-order valence-corrected chi connectivity index (χ3v) is 2.12. The van der Waals surface area contributed by atoms with Crippen molar-refractivity contribution >= 4 is 17.3 Å². The molecular formula is C7H3F5O2S. The fraction of sp³-hybridized carbons (Fsp3) is 0.286. The molecule has 0 saturated heterocycles. The number of ether oxygens (including phenoxy) is 1. The quantitative estimate of drug-likeness (QED) is 0.592. The summed E-state index contributed by atoms with van der Waals surface area (Å²) < 4.78 is 62.3. The van der Waals surface area contributed by atoms with Gasteiger partial charge in [0.1, 0.15) is 4.88 Å². The van der Waals surface area contributed by atoms with Crippen molar-refractivity contribution in [2.75, 3.05) is 0 Å². The zero-order valence-electron chi connectivity index (χ0n) is 6.85. The number of thiophene rings is 1. The van der Waals surface area contributed by atoms with Crippen molar-refractivity contribution in [2.45, 2.75) is 12.3 Å². The van der Waals surface area contributed by atoms with Crippen molar-refractivity contribution in [3.8, 4) is 0 Å². The lowest BCUT2D eigenvalue weighted by Crippen LogP contribution is -2.40. The van der Waals surface area contributed by atoms with Gasteiger partial charge >= 0.3 is 18.3 Å². The largest absolute Gasteiger partial charge is 0.501 e. The molecule has 15 heavy (non-hydrogen) atoms. The predicted octanol–water partition coefficient (Wildman–Crippen LogP) is 3.06. The maximum Gasteiger partial charge on any atom is 0.501 e. The van der Waals surface area contributed by atoms with Gasteiger partial charge < -0.3 is 4.74 Å². The van der Waals surface area contributed by atoms with Crippen LogP contribution in [0.5, 0.6) is 0 Å². The molecule has 84 valence electrons. The smallest absolute Gasteiger partial charge is 0.390 e. The van der Waals surface area contributed by atoms with Gasteiger partial charge in [0, 0.05) is 0 Å². The minimum Gasteiger partial charge on any atom is -0.390 e. The SMILES string of the molecule is O=C(OC(F)(F)C(F)(F)F)c1cccs1. The first-order chi connectivity index (χ1) is 6.74. The Labute approximate surface area is 84.3 Å². The van der Waals surface area contributed by atoms with E-state index in [1.165, 1.54) is 11.4 Å². The van der Waals surface area contributed by atoms with Crippen LogP contribution < -0.4 is 0 Å². The zero-order valence-corrected chi connectivity index (χ0v) is 7.66. The fourth-order valence-electron chi connectivity index (χ4n) is 0.619. The normalized spacial score (nSPS) is 12.6. The van der Waals surface area contributed by atoms with Crippen molar-refractivity contribution in [2.24, 2.45) is 0 Å². The minimum atomic E-state index is -5.90. The Balaban J connectivity index is 2.75. The van der Waals surface area contributed by atoms with Crippen LogP contribution in [0.15, 0.2) is 17.5 Å². The molecule has 1 aromatic rings. The summed E-state index contributed by atoms with van der Waals surface area (Å²) in [5, 5.41) is 1.35. The molecule has 0 atom stereocenters. The van der Waals surface area contributed by atoms with Crippen LogP contribution in [-0.4, -0.2) is 18.3 Å². The van der Waals surface area contributed by atoms with Crippen molar-refractivity contribution < 1.29 is 31.5 Å². The maximum atomic E-state index is 12.2. The summed E-state index contributed by atoms with van der Waals surface area (Å²) in [5.41, 5.74) is 0. The first-order valence-corrected chi connectivity index (χ1v) is 4.33. The van der Waals surface area contributed by atoms with Crippen LogP contribution in [0, 0.1) is 0 Å². The Morgan fingerprint density at radius 2 is 1.87 bits per heavy atom. The van der Waals surface area contributed by atoms with Gasteiger partial charge in [0.25, 0.3) is 0 Å². The number of hydrogen-bond acceptors (Lipinski definition) is 3. The van der Waals surface area contributed by atoms with Crippen LogP contribution in [0.1, 0.15) is 9.67 Å². The zero-order chi connectivity index (χ0) is 11.7. The number of carbonyl (C=O) groups is 1. The monoisotopic (exact) mass is 246 g/mol. The predicted molar refractivity (Wildman–Crippen MR) is 40.7 cm³/mol. The van der Waals surface area contributed by atoms with Gasteiger partial charge in [0.05, 0.1) is 0 Å². The molecule has 0 aliphatic carbocycles. The highest BCUT2D eigenvalue weighted by molar-refractivity contribution is 7.11. The highest BCUT2D eigenvalue weighted by Crippen LogP contribution is 2.37. The highest BCUT2D eigenvalue weighted by atomic mass is 32.1. The molecule has 0 fully saturated rings.